The van der Waals surface area contributed by atoms with Crippen LogP contribution in [0, 0.1) is 0 Å². The summed E-state index contributed by atoms with van der Waals surface area (Å²) >= 11 is 1.72. The van der Waals surface area contributed by atoms with Gasteiger partial charge in [-0.05, 0) is 29.5 Å². The van der Waals surface area contributed by atoms with Crippen molar-refractivity contribution in [2.24, 2.45) is 0 Å². The molecule has 0 heterocycles. The molecule has 2 aromatic rings. The molecule has 0 aliphatic heterocycles. The molecule has 0 saturated heterocycles. The zero-order valence-electron chi connectivity index (χ0n) is 9.01. The third-order valence-corrected chi connectivity index (χ3v) is 3.24. The summed E-state index contributed by atoms with van der Waals surface area (Å²) < 4.78 is 0. The quantitative estimate of drug-likeness (QED) is 0.585. The Labute approximate surface area is 99.5 Å². The smallest absolute Gasteiger partial charge is 0.150 e. The van der Waals surface area contributed by atoms with E-state index in [0.717, 1.165) is 11.8 Å². The average molecular weight is 228 g/mol. The van der Waals surface area contributed by atoms with Crippen LogP contribution in [0.1, 0.15) is 10.4 Å². The maximum absolute atomic E-state index is 10.7. The molecule has 0 aromatic heterocycles. The molecule has 2 aromatic carbocycles. The van der Waals surface area contributed by atoms with Crippen LogP contribution in [0.5, 0.6) is 0 Å². The molecule has 0 atom stereocenters. The van der Waals surface area contributed by atoms with Gasteiger partial charge in [0.25, 0.3) is 0 Å². The molecule has 1 nitrogen and oxygen atoms in total. The van der Waals surface area contributed by atoms with Crippen molar-refractivity contribution in [3.05, 3.63) is 54.1 Å². The lowest BCUT2D eigenvalue weighted by atomic mass is 10.0. The molecule has 0 spiro atoms. The highest BCUT2D eigenvalue weighted by Crippen LogP contribution is 2.29. The number of hydrogen-bond donors (Lipinski definition) is 0. The standard InChI is InChI=1S/C14H12OS/c1-16-14-8-3-2-7-13(14)12-6-4-5-11(9-12)10-15/h2-10H,1H3. The van der Waals surface area contributed by atoms with E-state index in [2.05, 4.69) is 18.4 Å². The number of benzene rings is 2. The molecule has 0 aliphatic carbocycles. The maximum atomic E-state index is 10.7. The summed E-state index contributed by atoms with van der Waals surface area (Å²) in [6.07, 6.45) is 2.94. The van der Waals surface area contributed by atoms with Crippen molar-refractivity contribution in [3.8, 4) is 11.1 Å². The molecule has 0 N–H and O–H groups in total. The molecule has 0 radical (unpaired) electrons. The van der Waals surface area contributed by atoms with Crippen molar-refractivity contribution in [1.82, 2.24) is 0 Å². The minimum absolute atomic E-state index is 0.716. The molecule has 2 rings (SSSR count). The van der Waals surface area contributed by atoms with Crippen molar-refractivity contribution < 1.29 is 4.79 Å². The highest BCUT2D eigenvalue weighted by atomic mass is 32.2. The summed E-state index contributed by atoms with van der Waals surface area (Å²) in [6.45, 7) is 0. The Kier molecular flexibility index (Phi) is 3.42. The fourth-order valence-corrected chi connectivity index (χ4v) is 2.28. The van der Waals surface area contributed by atoms with Gasteiger partial charge >= 0.3 is 0 Å². The van der Waals surface area contributed by atoms with E-state index < -0.39 is 0 Å². The lowest BCUT2D eigenvalue weighted by Crippen LogP contribution is -1.84. The molecular weight excluding hydrogens is 216 g/mol. The Balaban J connectivity index is 2.53. The van der Waals surface area contributed by atoms with Crippen LogP contribution >= 0.6 is 11.8 Å². The van der Waals surface area contributed by atoms with Gasteiger partial charge in [-0.15, -0.1) is 11.8 Å². The van der Waals surface area contributed by atoms with E-state index in [0.29, 0.717) is 5.56 Å². The highest BCUT2D eigenvalue weighted by Gasteiger charge is 2.03. The number of thioether (sulfide) groups is 1. The first-order chi connectivity index (χ1) is 7.85. The Hall–Kier alpha value is -1.54. The Bertz CT molecular complexity index is 506. The van der Waals surface area contributed by atoms with Gasteiger partial charge in [-0.25, -0.2) is 0 Å². The molecule has 0 unspecified atom stereocenters. The SMILES string of the molecule is CSc1ccccc1-c1cccc(C=O)c1. The van der Waals surface area contributed by atoms with E-state index in [9.17, 15) is 4.79 Å². The number of hydrogen-bond acceptors (Lipinski definition) is 2. The van der Waals surface area contributed by atoms with Gasteiger partial charge < -0.3 is 0 Å². The van der Waals surface area contributed by atoms with Crippen LogP contribution in [0.2, 0.25) is 0 Å². The molecule has 0 bridgehead atoms. The van der Waals surface area contributed by atoms with Crippen LogP contribution in [0.4, 0.5) is 0 Å². The summed E-state index contributed by atoms with van der Waals surface area (Å²) in [6, 6.07) is 15.9. The van der Waals surface area contributed by atoms with Crippen molar-refractivity contribution >= 4 is 18.0 Å². The van der Waals surface area contributed by atoms with Gasteiger partial charge in [-0.3, -0.25) is 4.79 Å². The lowest BCUT2D eigenvalue weighted by Gasteiger charge is -2.07. The monoisotopic (exact) mass is 228 g/mol. The summed E-state index contributed by atoms with van der Waals surface area (Å²) in [5, 5.41) is 0. The van der Waals surface area contributed by atoms with Crippen molar-refractivity contribution in [2.75, 3.05) is 6.26 Å². The molecule has 0 fully saturated rings. The van der Waals surface area contributed by atoms with Crippen LogP contribution in [-0.2, 0) is 0 Å². The third kappa shape index (κ3) is 2.17. The fraction of sp³-hybridized carbons (Fsp3) is 0.0714. The largest absolute Gasteiger partial charge is 0.298 e. The van der Waals surface area contributed by atoms with Gasteiger partial charge in [0.05, 0.1) is 0 Å². The van der Waals surface area contributed by atoms with Gasteiger partial charge in [-0.2, -0.15) is 0 Å². The minimum Gasteiger partial charge on any atom is -0.298 e. The van der Waals surface area contributed by atoms with Crippen LogP contribution in [0.3, 0.4) is 0 Å². The molecule has 2 heteroatoms. The number of rotatable bonds is 3. The lowest BCUT2D eigenvalue weighted by molar-refractivity contribution is 0.112. The first kappa shape index (κ1) is 11.0. The molecular formula is C14H12OS. The first-order valence-electron chi connectivity index (χ1n) is 5.04. The predicted octanol–water partition coefficient (Wildman–Crippen LogP) is 3.89. The second kappa shape index (κ2) is 4.99. The fourth-order valence-electron chi connectivity index (χ4n) is 1.66. The molecule has 80 valence electrons. The van der Waals surface area contributed by atoms with Gasteiger partial charge in [-0.1, -0.05) is 36.4 Å². The highest BCUT2D eigenvalue weighted by molar-refractivity contribution is 7.98. The van der Waals surface area contributed by atoms with E-state index in [1.165, 1.54) is 10.5 Å². The summed E-state index contributed by atoms with van der Waals surface area (Å²) in [5.41, 5.74) is 2.99. The van der Waals surface area contributed by atoms with Crippen LogP contribution in [0.25, 0.3) is 11.1 Å². The molecule has 0 aliphatic rings. The van der Waals surface area contributed by atoms with E-state index in [4.69, 9.17) is 0 Å². The van der Waals surface area contributed by atoms with Crippen molar-refractivity contribution in [2.45, 2.75) is 4.90 Å². The van der Waals surface area contributed by atoms with E-state index in [1.54, 1.807) is 11.8 Å². The normalized spacial score (nSPS) is 10.1. The van der Waals surface area contributed by atoms with Crippen LogP contribution in [0.15, 0.2) is 53.4 Å². The van der Waals surface area contributed by atoms with Crippen molar-refractivity contribution in [3.63, 3.8) is 0 Å². The van der Waals surface area contributed by atoms with Gasteiger partial charge in [0.2, 0.25) is 0 Å². The van der Waals surface area contributed by atoms with Crippen LogP contribution in [-0.4, -0.2) is 12.5 Å². The molecule has 0 amide bonds. The van der Waals surface area contributed by atoms with Crippen molar-refractivity contribution in [1.29, 1.82) is 0 Å². The van der Waals surface area contributed by atoms with E-state index in [-0.39, 0.29) is 0 Å². The van der Waals surface area contributed by atoms with Gasteiger partial charge in [0, 0.05) is 10.5 Å². The number of carbonyl (C=O) groups excluding carboxylic acids is 1. The topological polar surface area (TPSA) is 17.1 Å². The molecule has 0 saturated carbocycles. The average Bonchev–Trinajstić information content (AvgIpc) is 2.38. The minimum atomic E-state index is 0.716. The Morgan fingerprint density at radius 2 is 1.88 bits per heavy atom. The van der Waals surface area contributed by atoms with E-state index >= 15 is 0 Å². The third-order valence-electron chi connectivity index (χ3n) is 2.44. The molecule has 16 heavy (non-hydrogen) atoms. The van der Waals surface area contributed by atoms with Gasteiger partial charge in [0.15, 0.2) is 0 Å². The Morgan fingerprint density at radius 1 is 1.06 bits per heavy atom. The van der Waals surface area contributed by atoms with Crippen LogP contribution < -0.4 is 0 Å². The summed E-state index contributed by atoms with van der Waals surface area (Å²) in [5.74, 6) is 0. The second-order valence-corrected chi connectivity index (χ2v) is 4.29. The maximum Gasteiger partial charge on any atom is 0.150 e. The zero-order chi connectivity index (χ0) is 11.4. The number of carbonyl (C=O) groups is 1. The Morgan fingerprint density at radius 3 is 2.62 bits per heavy atom. The van der Waals surface area contributed by atoms with Gasteiger partial charge in [0.1, 0.15) is 6.29 Å². The zero-order valence-corrected chi connectivity index (χ0v) is 9.83. The van der Waals surface area contributed by atoms with E-state index in [1.807, 2.05) is 36.4 Å². The first-order valence-corrected chi connectivity index (χ1v) is 6.26. The predicted molar refractivity (Wildman–Crippen MR) is 69.0 cm³/mol. The summed E-state index contributed by atoms with van der Waals surface area (Å²) in [4.78, 5) is 12.0. The second-order valence-electron chi connectivity index (χ2n) is 3.44. The summed E-state index contributed by atoms with van der Waals surface area (Å²) in [7, 11) is 0. The number of aldehydes is 1.